The van der Waals surface area contributed by atoms with Gasteiger partial charge in [-0.1, -0.05) is 0 Å². The highest BCUT2D eigenvalue weighted by molar-refractivity contribution is 4.92. The minimum Gasteiger partial charge on any atom is -0.212 e. The third-order valence-electron chi connectivity index (χ3n) is 0.367. The lowest BCUT2D eigenvalue weighted by molar-refractivity contribution is -0.109. The van der Waals surface area contributed by atoms with E-state index in [1.54, 1.807) is 0 Å². The van der Waals surface area contributed by atoms with Crippen molar-refractivity contribution >= 4 is 0 Å². The van der Waals surface area contributed by atoms with Gasteiger partial charge in [-0.3, -0.25) is 0 Å². The van der Waals surface area contributed by atoms with Crippen molar-refractivity contribution < 1.29 is 22.0 Å². The number of allylic oxidation sites excluding steroid dienone is 1. The average Bonchev–Trinajstić information content (AvgIpc) is 1.62. The molecule has 0 aliphatic rings. The third-order valence-corrected chi connectivity index (χ3v) is 0.367. The summed E-state index contributed by atoms with van der Waals surface area (Å²) in [5.41, 5.74) is 0. The van der Waals surface area contributed by atoms with Gasteiger partial charge in [0.15, 0.2) is 0 Å². The Bertz CT molecular complexity index is 98.7. The van der Waals surface area contributed by atoms with Crippen molar-refractivity contribution in [2.24, 2.45) is 0 Å². The van der Waals surface area contributed by atoms with Crippen LogP contribution in [0, 0.1) is 0 Å². The summed E-state index contributed by atoms with van der Waals surface area (Å²) in [6, 6.07) is 0. The average molecular weight is 132 g/mol. The molecule has 5 heteroatoms. The van der Waals surface area contributed by atoms with Crippen molar-refractivity contribution in [3.05, 3.63) is 12.2 Å². The van der Waals surface area contributed by atoms with E-state index < -0.39 is 18.3 Å². The molecule has 0 atom stereocenters. The fourth-order valence-corrected chi connectivity index (χ4v) is 0.0619. The van der Waals surface area contributed by atoms with Gasteiger partial charge in [0.1, 0.15) is 6.33 Å². The summed E-state index contributed by atoms with van der Waals surface area (Å²) in [7, 11) is 0. The topological polar surface area (TPSA) is 0 Å². The van der Waals surface area contributed by atoms with Crippen molar-refractivity contribution in [1.29, 1.82) is 0 Å². The van der Waals surface area contributed by atoms with Gasteiger partial charge in [0.25, 0.3) is 0 Å². The van der Waals surface area contributed by atoms with E-state index in [0.29, 0.717) is 0 Å². The van der Waals surface area contributed by atoms with Gasteiger partial charge in [-0.05, 0) is 0 Å². The van der Waals surface area contributed by atoms with Crippen molar-refractivity contribution in [2.45, 2.75) is 6.18 Å². The second-order valence-corrected chi connectivity index (χ2v) is 0.955. The van der Waals surface area contributed by atoms with Gasteiger partial charge in [0.2, 0.25) is 5.83 Å². The first-order chi connectivity index (χ1) is 3.48. The zero-order chi connectivity index (χ0) is 6.78. The van der Waals surface area contributed by atoms with E-state index in [9.17, 15) is 22.0 Å². The molecule has 0 bridgehead atoms. The molecule has 0 aromatic carbocycles. The minimum atomic E-state index is -5.17. The van der Waals surface area contributed by atoms with Gasteiger partial charge in [0.05, 0.1) is 0 Å². The first-order valence-corrected chi connectivity index (χ1v) is 1.51. The number of hydrogen-bond acceptors (Lipinski definition) is 0. The van der Waals surface area contributed by atoms with Crippen molar-refractivity contribution in [1.82, 2.24) is 0 Å². The minimum absolute atomic E-state index is 1.12. The molecular formula is C3HF5. The lowest BCUT2D eigenvalue weighted by Gasteiger charge is -1.97. The van der Waals surface area contributed by atoms with Gasteiger partial charge in [-0.25, -0.2) is 4.39 Å². The van der Waals surface area contributed by atoms with Crippen molar-refractivity contribution in [3.63, 3.8) is 0 Å². The SMILES string of the molecule is F/C=C(/F)C(F)(F)F. The summed E-state index contributed by atoms with van der Waals surface area (Å²) in [6.07, 6.45) is -6.30. The van der Waals surface area contributed by atoms with Crippen molar-refractivity contribution in [2.75, 3.05) is 0 Å². The Kier molecular flexibility index (Phi) is 1.94. The molecule has 0 amide bonds. The van der Waals surface area contributed by atoms with Gasteiger partial charge in [-0.2, -0.15) is 17.6 Å². The highest BCUT2D eigenvalue weighted by Gasteiger charge is 2.34. The Morgan fingerprint density at radius 3 is 1.62 bits per heavy atom. The molecule has 48 valence electrons. The maximum atomic E-state index is 11.0. The Labute approximate surface area is 41.6 Å². The summed E-state index contributed by atoms with van der Waals surface area (Å²) in [5, 5.41) is 0. The monoisotopic (exact) mass is 132 g/mol. The van der Waals surface area contributed by atoms with Crippen molar-refractivity contribution in [3.8, 4) is 0 Å². The molecule has 0 aliphatic carbocycles. The highest BCUT2D eigenvalue weighted by atomic mass is 19.4. The zero-order valence-corrected chi connectivity index (χ0v) is 3.47. The molecule has 0 fully saturated rings. The number of alkyl halides is 3. The van der Waals surface area contributed by atoms with Crippen LogP contribution in [-0.2, 0) is 0 Å². The molecule has 0 heterocycles. The fraction of sp³-hybridized carbons (Fsp3) is 0.333. The van der Waals surface area contributed by atoms with E-state index in [-0.39, 0.29) is 0 Å². The molecule has 0 saturated heterocycles. The number of rotatable bonds is 0. The second kappa shape index (κ2) is 2.11. The molecule has 0 nitrogen and oxygen atoms in total. The zero-order valence-electron chi connectivity index (χ0n) is 3.47. The van der Waals surface area contributed by atoms with Crippen LogP contribution in [0.25, 0.3) is 0 Å². The molecule has 0 aromatic heterocycles. The summed E-state index contributed by atoms with van der Waals surface area (Å²) in [6.45, 7) is 0. The third kappa shape index (κ3) is 1.90. The maximum Gasteiger partial charge on any atom is 0.445 e. The Morgan fingerprint density at radius 2 is 1.62 bits per heavy atom. The first-order valence-electron chi connectivity index (χ1n) is 1.51. The molecule has 0 spiro atoms. The van der Waals surface area contributed by atoms with Crippen LogP contribution in [0.2, 0.25) is 0 Å². The molecule has 0 N–H and O–H groups in total. The normalized spacial score (nSPS) is 14.4. The Hall–Kier alpha value is -0.610. The number of halogens is 5. The van der Waals surface area contributed by atoms with E-state index in [4.69, 9.17) is 0 Å². The summed E-state index contributed by atoms with van der Waals surface area (Å²) in [4.78, 5) is 0. The molecule has 0 aliphatic heterocycles. The molecule has 0 unspecified atom stereocenters. The maximum absolute atomic E-state index is 11.0. The smallest absolute Gasteiger partial charge is 0.212 e. The van der Waals surface area contributed by atoms with Crippen LogP contribution < -0.4 is 0 Å². The van der Waals surface area contributed by atoms with Crippen LogP contribution in [0.3, 0.4) is 0 Å². The van der Waals surface area contributed by atoms with E-state index in [1.165, 1.54) is 0 Å². The van der Waals surface area contributed by atoms with Crippen LogP contribution in [0.15, 0.2) is 12.2 Å². The molecule has 0 saturated carbocycles. The van der Waals surface area contributed by atoms with E-state index in [2.05, 4.69) is 0 Å². The van der Waals surface area contributed by atoms with Gasteiger partial charge < -0.3 is 0 Å². The first kappa shape index (κ1) is 7.39. The van der Waals surface area contributed by atoms with Crippen LogP contribution in [0.4, 0.5) is 22.0 Å². The van der Waals surface area contributed by atoms with Crippen LogP contribution in [-0.4, -0.2) is 6.18 Å². The lowest BCUT2D eigenvalue weighted by Crippen LogP contribution is -2.06. The molecular weight excluding hydrogens is 131 g/mol. The summed E-state index contributed by atoms with van der Waals surface area (Å²) >= 11 is 0. The highest BCUT2D eigenvalue weighted by Crippen LogP contribution is 2.25. The Morgan fingerprint density at radius 1 is 1.25 bits per heavy atom. The predicted molar refractivity (Wildman–Crippen MR) is 16.4 cm³/mol. The molecule has 0 aromatic rings. The fourth-order valence-electron chi connectivity index (χ4n) is 0.0619. The van der Waals surface area contributed by atoms with E-state index in [1.807, 2.05) is 0 Å². The van der Waals surface area contributed by atoms with Crippen LogP contribution in [0.1, 0.15) is 0 Å². The van der Waals surface area contributed by atoms with E-state index >= 15 is 0 Å². The second-order valence-electron chi connectivity index (χ2n) is 0.955. The molecule has 8 heavy (non-hydrogen) atoms. The largest absolute Gasteiger partial charge is 0.445 e. The number of hydrogen-bond donors (Lipinski definition) is 0. The van der Waals surface area contributed by atoms with E-state index in [0.717, 1.165) is 0 Å². The molecule has 0 rings (SSSR count). The summed E-state index contributed by atoms with van der Waals surface area (Å²) in [5.74, 6) is -2.71. The van der Waals surface area contributed by atoms with Gasteiger partial charge in [0, 0.05) is 0 Å². The van der Waals surface area contributed by atoms with Crippen LogP contribution in [0.5, 0.6) is 0 Å². The summed E-state index contributed by atoms with van der Waals surface area (Å²) < 4.78 is 53.9. The van der Waals surface area contributed by atoms with Gasteiger partial charge >= 0.3 is 6.18 Å². The standard InChI is InChI=1S/C3HF5/c4-1-2(5)3(6,7)8/h1H/b2-1+. The Balaban J connectivity index is 4.03. The van der Waals surface area contributed by atoms with Gasteiger partial charge in [-0.15, -0.1) is 0 Å². The molecule has 0 radical (unpaired) electrons. The predicted octanol–water partition coefficient (Wildman–Crippen LogP) is 2.33. The lowest BCUT2D eigenvalue weighted by atomic mass is 10.6. The quantitative estimate of drug-likeness (QED) is 0.443. The van der Waals surface area contributed by atoms with Crippen LogP contribution >= 0.6 is 0 Å².